The summed E-state index contributed by atoms with van der Waals surface area (Å²) >= 11 is 0. The Morgan fingerprint density at radius 1 is 0.758 bits per heavy atom. The Balaban J connectivity index is 4.59. The quantitative estimate of drug-likeness (QED) is 0.148. The highest BCUT2D eigenvalue weighted by molar-refractivity contribution is 6.77. The monoisotopic (exact) mass is 522 g/mol. The van der Waals surface area contributed by atoms with Gasteiger partial charge in [0.15, 0.2) is 0 Å². The second-order valence-electron chi connectivity index (χ2n) is 9.10. The standard InChI is InChI=1S/C24H58N2O4Si3/c1-9-26(10-2)21-17-15-16-19-24(33(8,29-13-5)30-14-6)31-23-25-20-18-22-32(7,27-11-3)28-12-4/h24-25H,9-23,31H2,1-8H3. The summed E-state index contributed by atoms with van der Waals surface area (Å²) in [6.07, 6.45) is 7.48. The third kappa shape index (κ3) is 15.2. The summed E-state index contributed by atoms with van der Waals surface area (Å²) in [6, 6.07) is 1.06. The Morgan fingerprint density at radius 3 is 1.85 bits per heavy atom. The lowest BCUT2D eigenvalue weighted by atomic mass is 10.2. The van der Waals surface area contributed by atoms with E-state index in [1.807, 2.05) is 0 Å². The van der Waals surface area contributed by atoms with E-state index < -0.39 is 17.1 Å². The van der Waals surface area contributed by atoms with Crippen LogP contribution in [0, 0.1) is 0 Å². The van der Waals surface area contributed by atoms with Crippen molar-refractivity contribution < 1.29 is 17.7 Å². The number of nitrogens with one attached hydrogen (secondary N) is 1. The molecule has 33 heavy (non-hydrogen) atoms. The average molecular weight is 523 g/mol. The average Bonchev–Trinajstić information content (AvgIpc) is 2.77. The number of unbranched alkanes of at least 4 members (excludes halogenated alkanes) is 2. The molecule has 6 nitrogen and oxygen atoms in total. The largest absolute Gasteiger partial charge is 0.395 e. The molecule has 1 N–H and O–H groups in total. The highest BCUT2D eigenvalue weighted by atomic mass is 28.4. The van der Waals surface area contributed by atoms with Gasteiger partial charge in [-0.1, -0.05) is 33.1 Å². The van der Waals surface area contributed by atoms with Gasteiger partial charge in [-0.2, -0.15) is 0 Å². The zero-order valence-corrected chi connectivity index (χ0v) is 26.9. The van der Waals surface area contributed by atoms with Crippen molar-refractivity contribution in [3.8, 4) is 0 Å². The predicted molar refractivity (Wildman–Crippen MR) is 151 cm³/mol. The van der Waals surface area contributed by atoms with E-state index in [4.69, 9.17) is 17.7 Å². The number of rotatable bonds is 24. The fourth-order valence-corrected chi connectivity index (χ4v) is 14.2. The lowest BCUT2D eigenvalue weighted by molar-refractivity contribution is 0.184. The van der Waals surface area contributed by atoms with Gasteiger partial charge in [-0.25, -0.2) is 0 Å². The normalized spacial score (nSPS) is 14.1. The summed E-state index contributed by atoms with van der Waals surface area (Å²) in [5.41, 5.74) is 0. The van der Waals surface area contributed by atoms with E-state index in [9.17, 15) is 0 Å². The van der Waals surface area contributed by atoms with Crippen molar-refractivity contribution >= 4 is 26.6 Å². The number of hydrogen-bond acceptors (Lipinski definition) is 6. The molecule has 1 atom stereocenters. The lowest BCUT2D eigenvalue weighted by Gasteiger charge is -2.34. The van der Waals surface area contributed by atoms with Gasteiger partial charge in [0, 0.05) is 35.9 Å². The van der Waals surface area contributed by atoms with Crippen LogP contribution >= 0.6 is 0 Å². The lowest BCUT2D eigenvalue weighted by Crippen LogP contribution is -2.48. The molecule has 0 radical (unpaired) electrons. The molecule has 0 aliphatic heterocycles. The number of nitrogens with zero attached hydrogens (tertiary/aromatic N) is 1. The molecular formula is C24H58N2O4Si3. The first-order valence-corrected chi connectivity index (χ1v) is 20.6. The molecule has 1 unspecified atom stereocenters. The molecule has 0 saturated carbocycles. The van der Waals surface area contributed by atoms with Gasteiger partial charge in [0.25, 0.3) is 0 Å². The van der Waals surface area contributed by atoms with Crippen LogP contribution < -0.4 is 5.32 Å². The first-order chi connectivity index (χ1) is 15.8. The Labute approximate surface area is 211 Å². The summed E-state index contributed by atoms with van der Waals surface area (Å²) in [5.74, 6) is 0. The van der Waals surface area contributed by atoms with Crippen LogP contribution in [0.25, 0.3) is 0 Å². The van der Waals surface area contributed by atoms with Crippen molar-refractivity contribution in [2.45, 2.75) is 97.9 Å². The van der Waals surface area contributed by atoms with Gasteiger partial charge < -0.3 is 27.9 Å². The Morgan fingerprint density at radius 2 is 1.33 bits per heavy atom. The molecule has 0 amide bonds. The minimum absolute atomic E-state index is 0.320. The van der Waals surface area contributed by atoms with Crippen LogP contribution in [-0.4, -0.2) is 90.3 Å². The van der Waals surface area contributed by atoms with Crippen molar-refractivity contribution in [1.82, 2.24) is 10.2 Å². The molecular weight excluding hydrogens is 465 g/mol. The van der Waals surface area contributed by atoms with E-state index in [0.717, 1.165) is 64.7 Å². The highest BCUT2D eigenvalue weighted by Crippen LogP contribution is 2.29. The molecule has 0 heterocycles. The van der Waals surface area contributed by atoms with E-state index in [0.29, 0.717) is 5.16 Å². The fraction of sp³-hybridized carbons (Fsp3) is 1.00. The summed E-state index contributed by atoms with van der Waals surface area (Å²) in [7, 11) is -4.42. The molecule has 0 fully saturated rings. The Hall–Kier alpha value is 0.411. The van der Waals surface area contributed by atoms with E-state index in [2.05, 4.69) is 64.9 Å². The van der Waals surface area contributed by atoms with Crippen LogP contribution in [0.4, 0.5) is 0 Å². The zero-order valence-electron chi connectivity index (χ0n) is 23.5. The molecule has 0 rings (SSSR count). The molecule has 9 heteroatoms. The van der Waals surface area contributed by atoms with E-state index in [1.54, 1.807) is 0 Å². The van der Waals surface area contributed by atoms with E-state index in [-0.39, 0.29) is 9.52 Å². The van der Waals surface area contributed by atoms with Crippen LogP contribution in [0.1, 0.15) is 73.6 Å². The van der Waals surface area contributed by atoms with Crippen molar-refractivity contribution in [3.05, 3.63) is 0 Å². The zero-order chi connectivity index (χ0) is 25.0. The minimum Gasteiger partial charge on any atom is -0.395 e. The first kappa shape index (κ1) is 33.4. The number of hydrogen-bond donors (Lipinski definition) is 1. The third-order valence-corrected chi connectivity index (χ3v) is 18.0. The van der Waals surface area contributed by atoms with Gasteiger partial charge in [0.05, 0.1) is 0 Å². The van der Waals surface area contributed by atoms with Gasteiger partial charge in [-0.05, 0) is 97.2 Å². The topological polar surface area (TPSA) is 52.2 Å². The molecule has 0 aliphatic carbocycles. The van der Waals surface area contributed by atoms with Gasteiger partial charge in [-0.3, -0.25) is 0 Å². The van der Waals surface area contributed by atoms with E-state index in [1.165, 1.54) is 32.2 Å². The summed E-state index contributed by atoms with van der Waals surface area (Å²) < 4.78 is 24.6. The molecule has 0 aromatic carbocycles. The van der Waals surface area contributed by atoms with Crippen LogP contribution in [0.15, 0.2) is 0 Å². The van der Waals surface area contributed by atoms with Gasteiger partial charge in [-0.15, -0.1) is 0 Å². The van der Waals surface area contributed by atoms with E-state index >= 15 is 0 Å². The molecule has 0 saturated heterocycles. The third-order valence-electron chi connectivity index (χ3n) is 6.58. The van der Waals surface area contributed by atoms with Crippen LogP contribution in [-0.2, 0) is 17.7 Å². The van der Waals surface area contributed by atoms with Crippen molar-refractivity contribution in [2.24, 2.45) is 0 Å². The summed E-state index contributed by atoms with van der Waals surface area (Å²) in [4.78, 5) is 2.53. The highest BCUT2D eigenvalue weighted by Gasteiger charge is 2.40. The summed E-state index contributed by atoms with van der Waals surface area (Å²) in [5, 5.41) is 4.41. The second kappa shape index (κ2) is 20.6. The maximum atomic E-state index is 6.33. The molecule has 0 bridgehead atoms. The van der Waals surface area contributed by atoms with Gasteiger partial charge in [0.2, 0.25) is 0 Å². The van der Waals surface area contributed by atoms with Crippen LogP contribution in [0.2, 0.25) is 24.3 Å². The van der Waals surface area contributed by atoms with Crippen LogP contribution in [0.5, 0.6) is 0 Å². The van der Waals surface area contributed by atoms with Gasteiger partial charge in [0.1, 0.15) is 0 Å². The smallest absolute Gasteiger partial charge is 0.334 e. The van der Waals surface area contributed by atoms with Crippen molar-refractivity contribution in [1.29, 1.82) is 0 Å². The molecule has 0 aromatic heterocycles. The maximum Gasteiger partial charge on any atom is 0.334 e. The van der Waals surface area contributed by atoms with Crippen molar-refractivity contribution in [2.75, 3.05) is 58.8 Å². The maximum absolute atomic E-state index is 6.33. The molecule has 0 aliphatic rings. The first-order valence-electron chi connectivity index (χ1n) is 13.8. The molecule has 0 aromatic rings. The second-order valence-corrected chi connectivity index (χ2v) is 18.7. The van der Waals surface area contributed by atoms with Crippen molar-refractivity contribution in [3.63, 3.8) is 0 Å². The fourth-order valence-electron chi connectivity index (χ4n) is 4.69. The van der Waals surface area contributed by atoms with Gasteiger partial charge >= 0.3 is 17.1 Å². The minimum atomic E-state index is -2.12. The summed E-state index contributed by atoms with van der Waals surface area (Å²) in [6.45, 7) is 25.0. The Bertz CT molecular complexity index is 434. The predicted octanol–water partition coefficient (Wildman–Crippen LogP) is 4.61. The SMILES string of the molecule is CCO[Si](C)(CCCNC[SiH2]C(CCCCCN(CC)CC)[Si](C)(OCC)OCC)OCC. The molecule has 200 valence electrons. The molecule has 0 spiro atoms. The van der Waals surface area contributed by atoms with Crippen LogP contribution in [0.3, 0.4) is 0 Å². The Kier molecular flexibility index (Phi) is 20.8.